The molecular weight excluding hydrogens is 345 g/mol. The summed E-state index contributed by atoms with van der Waals surface area (Å²) in [7, 11) is 0. The summed E-state index contributed by atoms with van der Waals surface area (Å²) < 4.78 is 1.30. The lowest BCUT2D eigenvalue weighted by Crippen LogP contribution is -2.28. The van der Waals surface area contributed by atoms with Gasteiger partial charge in [-0.25, -0.2) is 0 Å². The maximum atomic E-state index is 4.93. The van der Waals surface area contributed by atoms with Gasteiger partial charge < -0.3 is 0 Å². The van der Waals surface area contributed by atoms with Crippen molar-refractivity contribution < 1.29 is 0 Å². The highest BCUT2D eigenvalue weighted by Crippen LogP contribution is 2.31. The third kappa shape index (κ3) is 5.57. The van der Waals surface area contributed by atoms with Crippen molar-refractivity contribution in [3.63, 3.8) is 0 Å². The molecule has 0 fully saturated rings. The molecule has 0 aromatic rings. The summed E-state index contributed by atoms with van der Waals surface area (Å²) in [4.78, 5) is 4.93. The molecule has 0 N–H and O–H groups in total. The average molecular weight is 375 g/mol. The van der Waals surface area contributed by atoms with Crippen molar-refractivity contribution in [2.75, 3.05) is 0 Å². The summed E-state index contributed by atoms with van der Waals surface area (Å²) in [5.41, 5.74) is 1.76. The SMILES string of the molecule is CCCC(C)/C1=C/CC(C)C(C)(C)N=C(I)CCC1. The van der Waals surface area contributed by atoms with E-state index in [2.05, 4.69) is 63.3 Å². The normalized spacial score (nSPS) is 29.1. The molecule has 0 aromatic carbocycles. The summed E-state index contributed by atoms with van der Waals surface area (Å²) >= 11 is 2.44. The van der Waals surface area contributed by atoms with Crippen LogP contribution in [0.1, 0.15) is 73.1 Å². The minimum absolute atomic E-state index is 0.0729. The third-order valence-corrected chi connectivity index (χ3v) is 5.33. The number of hydrogen-bond donors (Lipinski definition) is 0. The summed E-state index contributed by atoms with van der Waals surface area (Å²) in [6.07, 6.45) is 9.98. The van der Waals surface area contributed by atoms with Crippen molar-refractivity contribution in [3.8, 4) is 0 Å². The largest absolute Gasteiger partial charge is 0.277 e. The van der Waals surface area contributed by atoms with E-state index in [0.29, 0.717) is 5.92 Å². The highest BCUT2D eigenvalue weighted by molar-refractivity contribution is 14.1. The van der Waals surface area contributed by atoms with Gasteiger partial charge in [-0.05, 0) is 80.4 Å². The van der Waals surface area contributed by atoms with Gasteiger partial charge in [-0.1, -0.05) is 38.8 Å². The molecule has 0 radical (unpaired) electrons. The Morgan fingerprint density at radius 3 is 2.74 bits per heavy atom. The number of hydrogen-bond acceptors (Lipinski definition) is 1. The molecule has 2 unspecified atom stereocenters. The van der Waals surface area contributed by atoms with Gasteiger partial charge >= 0.3 is 0 Å². The molecule has 0 aromatic heterocycles. The third-order valence-electron chi connectivity index (χ3n) is 4.55. The van der Waals surface area contributed by atoms with Crippen LogP contribution in [-0.4, -0.2) is 9.26 Å². The maximum absolute atomic E-state index is 4.93. The monoisotopic (exact) mass is 375 g/mol. The van der Waals surface area contributed by atoms with Crippen LogP contribution in [0.4, 0.5) is 0 Å². The van der Waals surface area contributed by atoms with Crippen molar-refractivity contribution in [2.24, 2.45) is 16.8 Å². The maximum Gasteiger partial charge on any atom is 0.0735 e. The molecule has 110 valence electrons. The zero-order valence-electron chi connectivity index (χ0n) is 13.3. The molecule has 1 aliphatic heterocycles. The molecule has 19 heavy (non-hydrogen) atoms. The lowest BCUT2D eigenvalue weighted by atomic mass is 9.83. The molecular formula is C17H30IN. The van der Waals surface area contributed by atoms with Gasteiger partial charge in [-0.3, -0.25) is 4.99 Å². The van der Waals surface area contributed by atoms with Crippen LogP contribution in [0.5, 0.6) is 0 Å². The van der Waals surface area contributed by atoms with E-state index in [-0.39, 0.29) is 5.54 Å². The Hall–Kier alpha value is 0.140. The Bertz CT molecular complexity index is 341. The molecule has 1 nitrogen and oxygen atoms in total. The van der Waals surface area contributed by atoms with Crippen LogP contribution in [-0.2, 0) is 0 Å². The summed E-state index contributed by atoms with van der Waals surface area (Å²) in [6, 6.07) is 0. The first-order chi connectivity index (χ1) is 8.86. The second-order valence-electron chi connectivity index (χ2n) is 6.60. The standard InChI is InChI=1S/C17H30IN/c1-6-8-13(2)15-9-7-10-16(18)19-17(4,5)14(3)11-12-15/h12-14H,6-11H2,1-5H3/b15-12+,19-16?. The molecule has 2 atom stereocenters. The van der Waals surface area contributed by atoms with E-state index >= 15 is 0 Å². The van der Waals surface area contributed by atoms with E-state index in [9.17, 15) is 0 Å². The molecule has 0 amide bonds. The van der Waals surface area contributed by atoms with Crippen molar-refractivity contribution in [1.82, 2.24) is 0 Å². The lowest BCUT2D eigenvalue weighted by molar-refractivity contribution is 0.350. The lowest BCUT2D eigenvalue weighted by Gasteiger charge is -2.29. The van der Waals surface area contributed by atoms with E-state index in [4.69, 9.17) is 4.99 Å². The molecule has 0 saturated heterocycles. The van der Waals surface area contributed by atoms with Gasteiger partial charge in [0.25, 0.3) is 0 Å². The Kier molecular flexibility index (Phi) is 7.06. The topological polar surface area (TPSA) is 12.4 Å². The first-order valence-corrected chi connectivity index (χ1v) is 8.87. The smallest absolute Gasteiger partial charge is 0.0735 e. The summed E-state index contributed by atoms with van der Waals surface area (Å²) in [5, 5.41) is 0. The van der Waals surface area contributed by atoms with E-state index in [1.54, 1.807) is 5.57 Å². The minimum atomic E-state index is 0.0729. The van der Waals surface area contributed by atoms with Crippen molar-refractivity contribution in [2.45, 2.75) is 78.7 Å². The van der Waals surface area contributed by atoms with Gasteiger partial charge in [-0.2, -0.15) is 0 Å². The van der Waals surface area contributed by atoms with Crippen LogP contribution in [0.25, 0.3) is 0 Å². The average Bonchev–Trinajstić information content (AvgIpc) is 2.31. The Labute approximate surface area is 133 Å². The zero-order chi connectivity index (χ0) is 14.5. The van der Waals surface area contributed by atoms with E-state index < -0.39 is 0 Å². The fourth-order valence-electron chi connectivity index (χ4n) is 2.70. The quantitative estimate of drug-likeness (QED) is 0.413. The first kappa shape index (κ1) is 17.2. The van der Waals surface area contributed by atoms with Crippen LogP contribution in [0.3, 0.4) is 0 Å². The molecule has 1 aliphatic rings. The number of nitrogens with zero attached hydrogens (tertiary/aromatic N) is 1. The van der Waals surface area contributed by atoms with Gasteiger partial charge in [0.1, 0.15) is 0 Å². The van der Waals surface area contributed by atoms with E-state index in [0.717, 1.165) is 12.3 Å². The predicted molar refractivity (Wildman–Crippen MR) is 95.3 cm³/mol. The Morgan fingerprint density at radius 2 is 2.11 bits per heavy atom. The van der Waals surface area contributed by atoms with Gasteiger partial charge in [0.2, 0.25) is 0 Å². The highest BCUT2D eigenvalue weighted by atomic mass is 127. The Balaban J connectivity index is 2.86. The van der Waals surface area contributed by atoms with Gasteiger partial charge in [0, 0.05) is 0 Å². The number of aliphatic imine (C=N–C) groups is 1. The molecule has 2 heteroatoms. The van der Waals surface area contributed by atoms with Crippen molar-refractivity contribution in [3.05, 3.63) is 11.6 Å². The van der Waals surface area contributed by atoms with Crippen LogP contribution in [0, 0.1) is 11.8 Å². The van der Waals surface area contributed by atoms with Gasteiger partial charge in [0.15, 0.2) is 0 Å². The van der Waals surface area contributed by atoms with Gasteiger partial charge in [0.05, 0.1) is 9.26 Å². The number of rotatable bonds is 3. The predicted octanol–water partition coefficient (Wildman–Crippen LogP) is 6.17. The van der Waals surface area contributed by atoms with E-state index in [1.807, 2.05) is 0 Å². The number of halogens is 1. The van der Waals surface area contributed by atoms with Crippen molar-refractivity contribution >= 4 is 26.3 Å². The van der Waals surface area contributed by atoms with E-state index in [1.165, 1.54) is 35.8 Å². The van der Waals surface area contributed by atoms with Crippen LogP contribution in [0.2, 0.25) is 0 Å². The summed E-state index contributed by atoms with van der Waals surface area (Å²) in [6.45, 7) is 11.6. The fraction of sp³-hybridized carbons (Fsp3) is 0.824. The molecule has 1 rings (SSSR count). The first-order valence-electron chi connectivity index (χ1n) is 7.80. The summed E-state index contributed by atoms with van der Waals surface area (Å²) in [5.74, 6) is 1.37. The molecule has 0 bridgehead atoms. The second-order valence-corrected chi connectivity index (χ2v) is 7.85. The molecule has 0 saturated carbocycles. The van der Waals surface area contributed by atoms with Crippen LogP contribution < -0.4 is 0 Å². The minimum Gasteiger partial charge on any atom is -0.277 e. The van der Waals surface area contributed by atoms with Crippen LogP contribution >= 0.6 is 22.6 Å². The molecule has 1 heterocycles. The van der Waals surface area contributed by atoms with Crippen LogP contribution in [0.15, 0.2) is 16.6 Å². The fourth-order valence-corrected chi connectivity index (χ4v) is 3.70. The van der Waals surface area contributed by atoms with Crippen molar-refractivity contribution in [1.29, 1.82) is 0 Å². The molecule has 0 aliphatic carbocycles. The van der Waals surface area contributed by atoms with Gasteiger partial charge in [-0.15, -0.1) is 0 Å². The highest BCUT2D eigenvalue weighted by Gasteiger charge is 2.25. The Morgan fingerprint density at radius 1 is 1.42 bits per heavy atom. The second kappa shape index (κ2) is 7.80. The molecule has 0 spiro atoms. The zero-order valence-corrected chi connectivity index (χ0v) is 15.5. The number of allylic oxidation sites excluding steroid dienone is 2.